The van der Waals surface area contributed by atoms with E-state index in [0.717, 1.165) is 17.0 Å². The van der Waals surface area contributed by atoms with E-state index in [4.69, 9.17) is 6.30 Å². The van der Waals surface area contributed by atoms with Crippen LogP contribution in [0, 0.1) is 0 Å². The minimum Gasteiger partial charge on any atom is -0.103 e. The van der Waals surface area contributed by atoms with Crippen molar-refractivity contribution in [2.45, 2.75) is 94.0 Å². The first-order valence-corrected chi connectivity index (χ1v) is 10.2. The van der Waals surface area contributed by atoms with Crippen LogP contribution in [-0.2, 0) is 0 Å². The molecule has 0 spiro atoms. The van der Waals surface area contributed by atoms with Crippen LogP contribution in [0.25, 0.3) is 0 Å². The SMILES string of the molecule is C=P(C1CCCC1)(C1CCCC1)C1CCCC1. The van der Waals surface area contributed by atoms with Gasteiger partial charge in [0.25, 0.3) is 0 Å². The topological polar surface area (TPSA) is 0 Å². The van der Waals surface area contributed by atoms with Crippen molar-refractivity contribution in [2.75, 3.05) is 0 Å². The summed E-state index contributed by atoms with van der Waals surface area (Å²) < 4.78 is 0. The first-order chi connectivity index (χ1) is 8.32. The van der Waals surface area contributed by atoms with Crippen molar-refractivity contribution in [2.24, 2.45) is 0 Å². The fourth-order valence-electron chi connectivity index (χ4n) is 5.05. The first-order valence-electron chi connectivity index (χ1n) is 8.04. The molecule has 3 rings (SSSR count). The third kappa shape index (κ3) is 2.16. The van der Waals surface area contributed by atoms with Gasteiger partial charge in [0.05, 0.1) is 0 Å². The molecule has 3 aliphatic rings. The van der Waals surface area contributed by atoms with Crippen molar-refractivity contribution < 1.29 is 0 Å². The van der Waals surface area contributed by atoms with Crippen LogP contribution in [0.2, 0.25) is 0 Å². The van der Waals surface area contributed by atoms with Crippen molar-refractivity contribution in [3.63, 3.8) is 0 Å². The number of hydrogen-bond acceptors (Lipinski definition) is 0. The third-order valence-corrected chi connectivity index (χ3v) is 11.6. The molecule has 0 unspecified atom stereocenters. The second kappa shape index (κ2) is 5.12. The summed E-state index contributed by atoms with van der Waals surface area (Å²) >= 11 is 0. The quantitative estimate of drug-likeness (QED) is 0.601. The van der Waals surface area contributed by atoms with E-state index in [9.17, 15) is 0 Å². The number of hydrogen-bond donors (Lipinski definition) is 0. The maximum absolute atomic E-state index is 5.03. The summed E-state index contributed by atoms with van der Waals surface area (Å²) in [5.74, 6) is 0. The lowest BCUT2D eigenvalue weighted by atomic mass is 10.3. The molecule has 0 aromatic carbocycles. The van der Waals surface area contributed by atoms with Crippen molar-refractivity contribution in [1.82, 2.24) is 0 Å². The van der Waals surface area contributed by atoms with E-state index in [0.29, 0.717) is 0 Å². The van der Waals surface area contributed by atoms with Crippen LogP contribution in [0.3, 0.4) is 0 Å². The van der Waals surface area contributed by atoms with E-state index in [2.05, 4.69) is 0 Å². The fraction of sp³-hybridized carbons (Fsp3) is 0.938. The van der Waals surface area contributed by atoms with Crippen LogP contribution < -0.4 is 0 Å². The normalized spacial score (nSPS) is 29.4. The fourth-order valence-corrected chi connectivity index (χ4v) is 10.8. The largest absolute Gasteiger partial charge is 0.103 e. The molecule has 0 amide bonds. The molecular formula is C16H29P. The average Bonchev–Trinajstić information content (AvgIpc) is 3.10. The summed E-state index contributed by atoms with van der Waals surface area (Å²) in [6.07, 6.45) is 23.4. The lowest BCUT2D eigenvalue weighted by Gasteiger charge is -2.41. The van der Waals surface area contributed by atoms with Gasteiger partial charge in [-0.2, -0.15) is 0 Å². The maximum atomic E-state index is 5.03. The second-order valence-corrected chi connectivity index (χ2v) is 11.0. The Bertz CT molecular complexity index is 241. The Hall–Kier alpha value is 0.300. The van der Waals surface area contributed by atoms with Crippen LogP contribution in [0.5, 0.6) is 0 Å². The second-order valence-electron chi connectivity index (χ2n) is 6.81. The molecule has 0 nitrogen and oxygen atoms in total. The highest BCUT2D eigenvalue weighted by Gasteiger charge is 2.42. The van der Waals surface area contributed by atoms with Crippen LogP contribution in [0.1, 0.15) is 77.0 Å². The van der Waals surface area contributed by atoms with Crippen LogP contribution in [0.4, 0.5) is 0 Å². The Kier molecular flexibility index (Phi) is 3.72. The van der Waals surface area contributed by atoms with Gasteiger partial charge in [-0.1, -0.05) is 44.8 Å². The van der Waals surface area contributed by atoms with E-state index >= 15 is 0 Å². The highest BCUT2D eigenvalue weighted by atomic mass is 31.2. The Morgan fingerprint density at radius 1 is 0.529 bits per heavy atom. The third-order valence-electron chi connectivity index (χ3n) is 6.01. The van der Waals surface area contributed by atoms with Crippen molar-refractivity contribution >= 4 is 13.2 Å². The van der Waals surface area contributed by atoms with Crippen molar-refractivity contribution in [3.8, 4) is 0 Å². The molecule has 0 aromatic rings. The smallest absolute Gasteiger partial charge is 0.0211 e. The summed E-state index contributed by atoms with van der Waals surface area (Å²) in [5, 5.41) is 0. The van der Waals surface area contributed by atoms with Crippen LogP contribution >= 0.6 is 6.89 Å². The highest BCUT2D eigenvalue weighted by Crippen LogP contribution is 2.69. The maximum Gasteiger partial charge on any atom is -0.0211 e. The molecule has 98 valence electrons. The molecule has 0 aromatic heterocycles. The zero-order valence-corrected chi connectivity index (χ0v) is 12.3. The molecule has 0 atom stereocenters. The number of rotatable bonds is 3. The molecule has 0 heterocycles. The average molecular weight is 252 g/mol. The molecule has 0 N–H and O–H groups in total. The molecule has 0 saturated heterocycles. The van der Waals surface area contributed by atoms with Gasteiger partial charge in [0.1, 0.15) is 0 Å². The van der Waals surface area contributed by atoms with E-state index in [-0.39, 0.29) is 0 Å². The molecule has 3 aliphatic carbocycles. The van der Waals surface area contributed by atoms with Gasteiger partial charge in [-0.05, 0) is 55.5 Å². The first kappa shape index (κ1) is 12.3. The van der Waals surface area contributed by atoms with E-state index in [1.807, 2.05) is 0 Å². The lowest BCUT2D eigenvalue weighted by Crippen LogP contribution is -2.23. The highest BCUT2D eigenvalue weighted by molar-refractivity contribution is 7.75. The molecule has 3 fully saturated rings. The molecule has 17 heavy (non-hydrogen) atoms. The Labute approximate surface area is 108 Å². The molecule has 1 heteroatoms. The molecule has 0 bridgehead atoms. The van der Waals surface area contributed by atoms with Gasteiger partial charge in [-0.15, -0.1) is 6.89 Å². The standard InChI is InChI=1S/C16H29P/c1-17(14-8-2-3-9-14,15-10-4-5-11-15)16-12-6-7-13-16/h14-16H,1-13H2. The van der Waals surface area contributed by atoms with E-state index < -0.39 is 6.89 Å². The molecule has 3 saturated carbocycles. The molecule has 0 radical (unpaired) electrons. The minimum atomic E-state index is -0.862. The van der Waals surface area contributed by atoms with Crippen molar-refractivity contribution in [1.29, 1.82) is 0 Å². The Morgan fingerprint density at radius 2 is 0.765 bits per heavy atom. The van der Waals surface area contributed by atoms with Crippen LogP contribution in [-0.4, -0.2) is 23.3 Å². The van der Waals surface area contributed by atoms with Gasteiger partial charge in [0, 0.05) is 0 Å². The lowest BCUT2D eigenvalue weighted by molar-refractivity contribution is 0.771. The predicted octanol–water partition coefficient (Wildman–Crippen LogP) is 5.26. The summed E-state index contributed by atoms with van der Waals surface area (Å²) in [7, 11) is 0. The Morgan fingerprint density at radius 3 is 1.00 bits per heavy atom. The summed E-state index contributed by atoms with van der Waals surface area (Å²) in [5.41, 5.74) is 3.27. The molecular weight excluding hydrogens is 223 g/mol. The zero-order valence-electron chi connectivity index (χ0n) is 11.4. The summed E-state index contributed by atoms with van der Waals surface area (Å²) in [6, 6.07) is 0. The Balaban J connectivity index is 1.84. The predicted molar refractivity (Wildman–Crippen MR) is 80.8 cm³/mol. The van der Waals surface area contributed by atoms with Crippen molar-refractivity contribution in [3.05, 3.63) is 0 Å². The van der Waals surface area contributed by atoms with Crippen LogP contribution in [0.15, 0.2) is 0 Å². The summed E-state index contributed by atoms with van der Waals surface area (Å²) in [6.45, 7) is -0.862. The van der Waals surface area contributed by atoms with Gasteiger partial charge < -0.3 is 0 Å². The van der Waals surface area contributed by atoms with E-state index in [1.165, 1.54) is 38.5 Å². The monoisotopic (exact) mass is 252 g/mol. The molecule has 0 aliphatic heterocycles. The minimum absolute atomic E-state index is 0.862. The van der Waals surface area contributed by atoms with Gasteiger partial charge >= 0.3 is 0 Å². The van der Waals surface area contributed by atoms with E-state index in [1.54, 1.807) is 38.5 Å². The van der Waals surface area contributed by atoms with Gasteiger partial charge in [0.15, 0.2) is 0 Å². The van der Waals surface area contributed by atoms with Gasteiger partial charge in [-0.25, -0.2) is 0 Å². The van der Waals surface area contributed by atoms with Gasteiger partial charge in [0.2, 0.25) is 0 Å². The van der Waals surface area contributed by atoms with Gasteiger partial charge in [-0.3, -0.25) is 0 Å². The summed E-state index contributed by atoms with van der Waals surface area (Å²) in [4.78, 5) is 0. The zero-order chi connectivity index (χ0) is 11.7.